The molecule has 4 aromatic rings. The van der Waals surface area contributed by atoms with Gasteiger partial charge in [-0.2, -0.15) is 0 Å². The molecule has 0 fully saturated rings. The number of pyridine rings is 1. The second-order valence-electron chi connectivity index (χ2n) is 8.22. The Balaban J connectivity index is 1.34. The minimum Gasteiger partial charge on any atom is -0.486 e. The molecule has 172 valence electrons. The number of anilines is 2. The first kappa shape index (κ1) is 22.1. The number of fused-ring (bicyclic) bond motifs is 1. The lowest BCUT2D eigenvalue weighted by atomic mass is 10.1. The molecule has 0 unspecified atom stereocenters. The van der Waals surface area contributed by atoms with Gasteiger partial charge < -0.3 is 14.8 Å². The van der Waals surface area contributed by atoms with Crippen molar-refractivity contribution in [3.63, 3.8) is 0 Å². The summed E-state index contributed by atoms with van der Waals surface area (Å²) in [5.41, 5.74) is 3.56. The Morgan fingerprint density at radius 3 is 2.71 bits per heavy atom. The van der Waals surface area contributed by atoms with Crippen LogP contribution in [0.15, 0.2) is 72.1 Å². The Kier molecular flexibility index (Phi) is 6.27. The predicted octanol–water partition coefficient (Wildman–Crippen LogP) is 5.75. The van der Waals surface area contributed by atoms with E-state index in [2.05, 4.69) is 38.3 Å². The van der Waals surface area contributed by atoms with Gasteiger partial charge in [0.25, 0.3) is 0 Å². The molecule has 0 spiro atoms. The molecule has 0 saturated carbocycles. The Morgan fingerprint density at radius 2 is 1.94 bits per heavy atom. The Morgan fingerprint density at radius 1 is 1.03 bits per heavy atom. The lowest BCUT2D eigenvalue weighted by Gasteiger charge is -2.12. The third-order valence-electron chi connectivity index (χ3n) is 5.70. The summed E-state index contributed by atoms with van der Waals surface area (Å²) in [6, 6.07) is 17.5. The number of nitrogens with zero attached hydrogens (tertiary/aromatic N) is 4. The third-order valence-corrected chi connectivity index (χ3v) is 6.00. The molecule has 0 bridgehead atoms. The molecule has 7 nitrogen and oxygen atoms in total. The Hall–Kier alpha value is -3.71. The quantitative estimate of drug-likeness (QED) is 0.368. The van der Waals surface area contributed by atoms with E-state index in [-0.39, 0.29) is 12.1 Å². The van der Waals surface area contributed by atoms with Gasteiger partial charge in [0, 0.05) is 23.7 Å². The first-order chi connectivity index (χ1) is 16.5. The van der Waals surface area contributed by atoms with Crippen LogP contribution >= 0.6 is 11.6 Å². The fraction of sp³-hybridized carbons (Fsp3) is 0.231. The number of halogens is 1. The number of hydrogen-bond acceptors (Lipinski definition) is 7. The zero-order chi connectivity index (χ0) is 23.5. The number of hydrogen-bond donors (Lipinski definition) is 1. The summed E-state index contributed by atoms with van der Waals surface area (Å²) < 4.78 is 11.7. The van der Waals surface area contributed by atoms with Crippen LogP contribution in [0.4, 0.5) is 11.5 Å². The first-order valence-corrected chi connectivity index (χ1v) is 11.5. The van der Waals surface area contributed by atoms with Gasteiger partial charge in [0.15, 0.2) is 5.90 Å². The summed E-state index contributed by atoms with van der Waals surface area (Å²) in [6.07, 6.45) is 4.02. The number of ether oxygens (including phenoxy) is 2. The van der Waals surface area contributed by atoms with Gasteiger partial charge in [-0.1, -0.05) is 23.7 Å². The molecule has 1 N–H and O–H groups in total. The van der Waals surface area contributed by atoms with E-state index in [4.69, 9.17) is 21.1 Å². The lowest BCUT2D eigenvalue weighted by Crippen LogP contribution is -2.15. The Bertz CT molecular complexity index is 1350. The summed E-state index contributed by atoms with van der Waals surface area (Å²) in [4.78, 5) is 17.7. The predicted molar refractivity (Wildman–Crippen MR) is 134 cm³/mol. The summed E-state index contributed by atoms with van der Waals surface area (Å²) in [7, 11) is 0. The van der Waals surface area contributed by atoms with Crippen LogP contribution in [-0.2, 0) is 17.8 Å². The zero-order valence-electron chi connectivity index (χ0n) is 18.9. The van der Waals surface area contributed by atoms with Gasteiger partial charge >= 0.3 is 0 Å². The monoisotopic (exact) mass is 473 g/mol. The van der Waals surface area contributed by atoms with E-state index in [0.29, 0.717) is 29.6 Å². The minimum atomic E-state index is 0.108. The molecule has 2 atom stereocenters. The van der Waals surface area contributed by atoms with E-state index in [1.165, 1.54) is 0 Å². The van der Waals surface area contributed by atoms with Crippen molar-refractivity contribution in [3.8, 4) is 5.75 Å². The summed E-state index contributed by atoms with van der Waals surface area (Å²) in [5, 5.41) is 4.77. The molecule has 5 rings (SSSR count). The van der Waals surface area contributed by atoms with Crippen LogP contribution in [0, 0.1) is 0 Å². The average molecular weight is 474 g/mol. The zero-order valence-corrected chi connectivity index (χ0v) is 19.7. The van der Waals surface area contributed by atoms with Crippen LogP contribution in [0.1, 0.15) is 25.1 Å². The highest BCUT2D eigenvalue weighted by Crippen LogP contribution is 2.31. The van der Waals surface area contributed by atoms with Gasteiger partial charge in [-0.25, -0.2) is 15.0 Å². The molecule has 2 aromatic carbocycles. The van der Waals surface area contributed by atoms with Gasteiger partial charge in [-0.05, 0) is 61.9 Å². The highest BCUT2D eigenvalue weighted by molar-refractivity contribution is 6.32. The molecule has 1 aliphatic heterocycles. The van der Waals surface area contributed by atoms with Crippen LogP contribution < -0.4 is 10.1 Å². The number of benzene rings is 2. The van der Waals surface area contributed by atoms with Gasteiger partial charge in [-0.3, -0.25) is 4.98 Å². The highest BCUT2D eigenvalue weighted by Gasteiger charge is 2.23. The normalized spacial score (nSPS) is 17.3. The van der Waals surface area contributed by atoms with E-state index < -0.39 is 0 Å². The second kappa shape index (κ2) is 9.65. The summed E-state index contributed by atoms with van der Waals surface area (Å²) >= 11 is 6.48. The van der Waals surface area contributed by atoms with Crippen molar-refractivity contribution in [1.29, 1.82) is 0 Å². The van der Waals surface area contributed by atoms with Crippen molar-refractivity contribution in [2.24, 2.45) is 4.99 Å². The van der Waals surface area contributed by atoms with Gasteiger partial charge in [0.1, 0.15) is 30.6 Å². The Labute approximate surface area is 202 Å². The average Bonchev–Trinajstić information content (AvgIpc) is 3.16. The van der Waals surface area contributed by atoms with Crippen molar-refractivity contribution in [3.05, 3.63) is 83.4 Å². The van der Waals surface area contributed by atoms with Crippen molar-refractivity contribution >= 4 is 39.9 Å². The van der Waals surface area contributed by atoms with E-state index in [9.17, 15) is 0 Å². The highest BCUT2D eigenvalue weighted by atomic mass is 35.5. The van der Waals surface area contributed by atoms with E-state index in [1.807, 2.05) is 55.5 Å². The van der Waals surface area contributed by atoms with Gasteiger partial charge in [0.2, 0.25) is 0 Å². The molecule has 0 saturated heterocycles. The van der Waals surface area contributed by atoms with Crippen molar-refractivity contribution in [2.45, 2.75) is 39.0 Å². The second-order valence-corrected chi connectivity index (χ2v) is 8.62. The number of aromatic nitrogens is 3. The van der Waals surface area contributed by atoms with E-state index in [1.54, 1.807) is 12.5 Å². The number of aliphatic imine (C=N–C) groups is 1. The molecule has 0 aliphatic carbocycles. The number of rotatable bonds is 7. The molecule has 34 heavy (non-hydrogen) atoms. The fourth-order valence-electron chi connectivity index (χ4n) is 3.72. The van der Waals surface area contributed by atoms with Crippen molar-refractivity contribution in [2.75, 3.05) is 5.32 Å². The third kappa shape index (κ3) is 4.94. The standard InChI is InChI=1S/C26H24ClN5O2/c1-16-17(2)34-25(31-16)12-18-6-8-23-21(11-18)26(30-15-29-23)32-19-7-9-24(22(27)13-19)33-14-20-5-3-4-10-28-20/h3-11,13,15-17H,12,14H2,1-2H3,(H,29,30,32)/t16-,17+/m1/s1. The molecular weight excluding hydrogens is 450 g/mol. The van der Waals surface area contributed by atoms with E-state index in [0.717, 1.165) is 33.7 Å². The van der Waals surface area contributed by atoms with Gasteiger partial charge in [0.05, 0.1) is 22.3 Å². The maximum atomic E-state index is 6.48. The van der Waals surface area contributed by atoms with Crippen molar-refractivity contribution < 1.29 is 9.47 Å². The van der Waals surface area contributed by atoms with Crippen molar-refractivity contribution in [1.82, 2.24) is 15.0 Å². The molecule has 8 heteroatoms. The topological polar surface area (TPSA) is 81.5 Å². The smallest absolute Gasteiger partial charge is 0.188 e. The maximum Gasteiger partial charge on any atom is 0.188 e. The van der Waals surface area contributed by atoms with Crippen LogP contribution in [0.25, 0.3) is 10.9 Å². The van der Waals surface area contributed by atoms with Crippen LogP contribution in [0.2, 0.25) is 5.02 Å². The molecule has 0 radical (unpaired) electrons. The molecule has 1 aliphatic rings. The summed E-state index contributed by atoms with van der Waals surface area (Å²) in [5.74, 6) is 2.05. The summed E-state index contributed by atoms with van der Waals surface area (Å²) in [6.45, 7) is 4.45. The van der Waals surface area contributed by atoms with Crippen LogP contribution in [0.3, 0.4) is 0 Å². The largest absolute Gasteiger partial charge is 0.486 e. The van der Waals surface area contributed by atoms with E-state index >= 15 is 0 Å². The fourth-order valence-corrected chi connectivity index (χ4v) is 3.95. The van der Waals surface area contributed by atoms with Crippen LogP contribution in [0.5, 0.6) is 5.75 Å². The minimum absolute atomic E-state index is 0.108. The SMILES string of the molecule is C[C@@H]1OC(Cc2ccc3ncnc(Nc4ccc(OCc5ccccn5)c(Cl)c4)c3c2)=N[C@@H]1C. The first-order valence-electron chi connectivity index (χ1n) is 11.1. The molecule has 3 heterocycles. The maximum absolute atomic E-state index is 6.48. The lowest BCUT2D eigenvalue weighted by molar-refractivity contribution is 0.214. The molecule has 2 aromatic heterocycles. The number of nitrogens with one attached hydrogen (secondary N) is 1. The van der Waals surface area contributed by atoms with Gasteiger partial charge in [-0.15, -0.1) is 0 Å². The van der Waals surface area contributed by atoms with Crippen LogP contribution in [-0.4, -0.2) is 33.0 Å². The molecule has 0 amide bonds. The molecular formula is C26H24ClN5O2.